The van der Waals surface area contributed by atoms with Gasteiger partial charge in [-0.05, 0) is 25.8 Å². The van der Waals surface area contributed by atoms with Gasteiger partial charge in [0.25, 0.3) is 0 Å². The summed E-state index contributed by atoms with van der Waals surface area (Å²) < 4.78 is 0. The lowest BCUT2D eigenvalue weighted by Gasteiger charge is -2.03. The van der Waals surface area contributed by atoms with Crippen LogP contribution in [-0.4, -0.2) is 6.04 Å². The lowest BCUT2D eigenvalue weighted by Crippen LogP contribution is -2.29. The molecule has 1 aliphatic rings. The quantitative estimate of drug-likeness (QED) is 0.551. The van der Waals surface area contributed by atoms with Gasteiger partial charge in [0.05, 0.1) is 0 Å². The Balaban J connectivity index is 2.69. The molecule has 1 heterocycles. The molecule has 2 N–H and O–H groups in total. The summed E-state index contributed by atoms with van der Waals surface area (Å²) >= 11 is 0. The van der Waals surface area contributed by atoms with E-state index >= 15 is 0 Å². The predicted octanol–water partition coefficient (Wildman–Crippen LogP) is 1.17. The number of allylic oxidation sites excluding steroid dienone is 1. The summed E-state index contributed by atoms with van der Waals surface area (Å²) in [6.45, 7) is 6.46. The van der Waals surface area contributed by atoms with Crippen LogP contribution in [0.2, 0.25) is 0 Å². The Morgan fingerprint density at radius 1 is 1.56 bits per heavy atom. The zero-order chi connectivity index (χ0) is 6.85. The third-order valence-electron chi connectivity index (χ3n) is 1.86. The smallest absolute Gasteiger partial charge is 0.0461 e. The van der Waals surface area contributed by atoms with Crippen molar-refractivity contribution >= 4 is 0 Å². The highest BCUT2D eigenvalue weighted by atomic mass is 15.4. The summed E-state index contributed by atoms with van der Waals surface area (Å²) in [4.78, 5) is 0. The van der Waals surface area contributed by atoms with Crippen LogP contribution in [0.15, 0.2) is 11.3 Å². The molecule has 0 aromatic rings. The molecule has 1 rings (SSSR count). The highest BCUT2D eigenvalue weighted by Gasteiger charge is 2.14. The Kier molecular flexibility index (Phi) is 1.76. The number of hydrogen-bond donors (Lipinski definition) is 2. The summed E-state index contributed by atoms with van der Waals surface area (Å²) in [5.74, 6) is 0. The van der Waals surface area contributed by atoms with Crippen LogP contribution in [-0.2, 0) is 0 Å². The van der Waals surface area contributed by atoms with Crippen LogP contribution in [0.5, 0.6) is 0 Å². The van der Waals surface area contributed by atoms with Gasteiger partial charge in [0.1, 0.15) is 0 Å². The lowest BCUT2D eigenvalue weighted by molar-refractivity contribution is 0.593. The van der Waals surface area contributed by atoms with E-state index in [1.165, 1.54) is 11.3 Å². The Morgan fingerprint density at radius 3 is 2.44 bits per heavy atom. The number of nitrogens with one attached hydrogen (secondary N) is 2. The summed E-state index contributed by atoms with van der Waals surface area (Å²) in [6.07, 6.45) is 1.15. The van der Waals surface area contributed by atoms with Gasteiger partial charge in [-0.3, -0.25) is 0 Å². The first-order valence-corrected chi connectivity index (χ1v) is 3.47. The minimum Gasteiger partial charge on any atom is -0.325 e. The molecule has 0 saturated heterocycles. The van der Waals surface area contributed by atoms with E-state index in [0.29, 0.717) is 6.04 Å². The molecule has 0 amide bonds. The predicted molar refractivity (Wildman–Crippen MR) is 38.7 cm³/mol. The SMILES string of the molecule is CCC1=C(C)NNC1C. The van der Waals surface area contributed by atoms with Gasteiger partial charge in [-0.25, -0.2) is 5.43 Å². The molecule has 1 atom stereocenters. The van der Waals surface area contributed by atoms with Crippen LogP contribution < -0.4 is 10.9 Å². The van der Waals surface area contributed by atoms with E-state index in [9.17, 15) is 0 Å². The first-order valence-electron chi connectivity index (χ1n) is 3.47. The maximum absolute atomic E-state index is 3.15. The van der Waals surface area contributed by atoms with Crippen molar-refractivity contribution in [1.82, 2.24) is 10.9 Å². The van der Waals surface area contributed by atoms with Crippen molar-refractivity contribution in [3.63, 3.8) is 0 Å². The molecule has 0 spiro atoms. The molecule has 0 bridgehead atoms. The van der Waals surface area contributed by atoms with E-state index in [0.717, 1.165) is 6.42 Å². The van der Waals surface area contributed by atoms with Gasteiger partial charge >= 0.3 is 0 Å². The van der Waals surface area contributed by atoms with Crippen LogP contribution in [0.4, 0.5) is 0 Å². The van der Waals surface area contributed by atoms with Crippen molar-refractivity contribution in [1.29, 1.82) is 0 Å². The van der Waals surface area contributed by atoms with E-state index in [4.69, 9.17) is 0 Å². The Morgan fingerprint density at radius 2 is 2.22 bits per heavy atom. The van der Waals surface area contributed by atoms with Crippen molar-refractivity contribution in [2.24, 2.45) is 0 Å². The van der Waals surface area contributed by atoms with E-state index in [1.807, 2.05) is 0 Å². The maximum atomic E-state index is 3.15. The molecule has 0 aromatic carbocycles. The maximum Gasteiger partial charge on any atom is 0.0461 e. The second kappa shape index (κ2) is 2.40. The Labute approximate surface area is 56.3 Å². The molecule has 2 heteroatoms. The van der Waals surface area contributed by atoms with Crippen molar-refractivity contribution < 1.29 is 0 Å². The van der Waals surface area contributed by atoms with Gasteiger partial charge < -0.3 is 5.43 Å². The highest BCUT2D eigenvalue weighted by molar-refractivity contribution is 5.19. The molecule has 0 aromatic heterocycles. The standard InChI is InChI=1S/C7H14N2/c1-4-7-5(2)8-9-6(7)3/h5,8-9H,4H2,1-3H3. The van der Waals surface area contributed by atoms with E-state index < -0.39 is 0 Å². The molecular formula is C7H14N2. The number of rotatable bonds is 1. The van der Waals surface area contributed by atoms with Gasteiger partial charge in [-0.2, -0.15) is 0 Å². The Hall–Kier alpha value is -0.500. The molecular weight excluding hydrogens is 112 g/mol. The van der Waals surface area contributed by atoms with Crippen molar-refractivity contribution in [2.45, 2.75) is 33.2 Å². The third-order valence-corrected chi connectivity index (χ3v) is 1.86. The third kappa shape index (κ3) is 1.08. The van der Waals surface area contributed by atoms with E-state index in [1.54, 1.807) is 0 Å². The van der Waals surface area contributed by atoms with Crippen LogP contribution in [0, 0.1) is 0 Å². The molecule has 1 unspecified atom stereocenters. The molecule has 0 aliphatic carbocycles. The summed E-state index contributed by atoms with van der Waals surface area (Å²) in [5, 5.41) is 0. The van der Waals surface area contributed by atoms with E-state index in [-0.39, 0.29) is 0 Å². The average Bonchev–Trinajstić information content (AvgIpc) is 2.12. The number of hydrazine groups is 1. The first kappa shape index (κ1) is 6.62. The van der Waals surface area contributed by atoms with Crippen LogP contribution in [0.1, 0.15) is 27.2 Å². The molecule has 0 radical (unpaired) electrons. The van der Waals surface area contributed by atoms with Crippen LogP contribution >= 0.6 is 0 Å². The highest BCUT2D eigenvalue weighted by Crippen LogP contribution is 2.14. The summed E-state index contributed by atoms with van der Waals surface area (Å²) in [5.41, 5.74) is 9.04. The fraction of sp³-hybridized carbons (Fsp3) is 0.714. The van der Waals surface area contributed by atoms with E-state index in [2.05, 4.69) is 31.6 Å². The second-order valence-corrected chi connectivity index (χ2v) is 2.49. The average molecular weight is 126 g/mol. The minimum absolute atomic E-state index is 0.523. The minimum atomic E-state index is 0.523. The largest absolute Gasteiger partial charge is 0.325 e. The molecule has 52 valence electrons. The molecule has 2 nitrogen and oxygen atoms in total. The number of hydrogen-bond acceptors (Lipinski definition) is 2. The van der Waals surface area contributed by atoms with Gasteiger partial charge in [0.2, 0.25) is 0 Å². The Bertz CT molecular complexity index is 138. The van der Waals surface area contributed by atoms with Crippen molar-refractivity contribution in [3.05, 3.63) is 11.3 Å². The zero-order valence-electron chi connectivity index (χ0n) is 6.28. The van der Waals surface area contributed by atoms with Crippen LogP contribution in [0.25, 0.3) is 0 Å². The summed E-state index contributed by atoms with van der Waals surface area (Å²) in [6, 6.07) is 0.523. The van der Waals surface area contributed by atoms with Gasteiger partial charge in [0, 0.05) is 11.7 Å². The monoisotopic (exact) mass is 126 g/mol. The van der Waals surface area contributed by atoms with Gasteiger partial charge in [0.15, 0.2) is 0 Å². The normalized spacial score (nSPS) is 26.8. The van der Waals surface area contributed by atoms with Gasteiger partial charge in [-0.15, -0.1) is 0 Å². The zero-order valence-corrected chi connectivity index (χ0v) is 6.28. The van der Waals surface area contributed by atoms with Gasteiger partial charge in [-0.1, -0.05) is 6.92 Å². The first-order chi connectivity index (χ1) is 4.25. The van der Waals surface area contributed by atoms with Crippen molar-refractivity contribution in [2.75, 3.05) is 0 Å². The fourth-order valence-corrected chi connectivity index (χ4v) is 1.28. The topological polar surface area (TPSA) is 24.1 Å². The molecule has 0 saturated carbocycles. The second-order valence-electron chi connectivity index (χ2n) is 2.49. The molecule has 9 heavy (non-hydrogen) atoms. The lowest BCUT2D eigenvalue weighted by atomic mass is 10.1. The van der Waals surface area contributed by atoms with Crippen molar-refractivity contribution in [3.8, 4) is 0 Å². The fourth-order valence-electron chi connectivity index (χ4n) is 1.28. The summed E-state index contributed by atoms with van der Waals surface area (Å²) in [7, 11) is 0. The van der Waals surface area contributed by atoms with Crippen LogP contribution in [0.3, 0.4) is 0 Å². The molecule has 0 fully saturated rings. The molecule has 1 aliphatic heterocycles.